The van der Waals surface area contributed by atoms with Gasteiger partial charge in [0.05, 0.1) is 0 Å². The first-order chi connectivity index (χ1) is 13.3. The first kappa shape index (κ1) is 42.0. The summed E-state index contributed by atoms with van der Waals surface area (Å²) in [5.74, 6) is 2.50. The summed E-state index contributed by atoms with van der Waals surface area (Å²) in [6, 6.07) is 0. The van der Waals surface area contributed by atoms with Gasteiger partial charge >= 0.3 is 0 Å². The van der Waals surface area contributed by atoms with E-state index < -0.39 is 0 Å². The summed E-state index contributed by atoms with van der Waals surface area (Å²) in [4.78, 5) is 0. The molecule has 31 heavy (non-hydrogen) atoms. The Bertz CT molecular complexity index is 462. The van der Waals surface area contributed by atoms with Crippen LogP contribution >= 0.6 is 0 Å². The van der Waals surface area contributed by atoms with Crippen molar-refractivity contribution in [2.24, 2.45) is 0 Å². The van der Waals surface area contributed by atoms with Crippen LogP contribution in [0.4, 0.5) is 0 Å². The van der Waals surface area contributed by atoms with Gasteiger partial charge in [0.25, 0.3) is 0 Å². The first-order valence-electron chi connectivity index (χ1n) is 10.5. The van der Waals surface area contributed by atoms with Crippen LogP contribution in [0.2, 0.25) is 0 Å². The number of rotatable bonds is 0. The minimum atomic E-state index is 0. The van der Waals surface area contributed by atoms with Gasteiger partial charge in [-0.2, -0.15) is 72.9 Å². The van der Waals surface area contributed by atoms with Crippen LogP contribution < -0.4 is 0 Å². The molecule has 0 amide bonds. The van der Waals surface area contributed by atoms with Gasteiger partial charge in [0.1, 0.15) is 0 Å². The molecule has 0 heterocycles. The van der Waals surface area contributed by atoms with E-state index in [4.69, 9.17) is 0 Å². The van der Waals surface area contributed by atoms with Gasteiger partial charge in [0.2, 0.25) is 0 Å². The molecule has 5 heteroatoms. The maximum atomic E-state index is 4.39. The van der Waals surface area contributed by atoms with Crippen molar-refractivity contribution >= 4 is 37.9 Å². The van der Waals surface area contributed by atoms with Crippen LogP contribution in [0.1, 0.15) is 76.4 Å². The van der Waals surface area contributed by atoms with Gasteiger partial charge in [-0.25, -0.2) is 0 Å². The predicted molar refractivity (Wildman–Crippen MR) is 145 cm³/mol. The third kappa shape index (κ3) is 15.3. The minimum absolute atomic E-state index is 0. The van der Waals surface area contributed by atoms with E-state index in [-0.39, 0.29) is 34.1 Å². The molecule has 0 nitrogen and oxygen atoms in total. The topological polar surface area (TPSA) is 0 Å². The third-order valence-corrected chi connectivity index (χ3v) is 5.62. The van der Waals surface area contributed by atoms with Gasteiger partial charge in [-0.1, -0.05) is 90.0 Å². The van der Waals surface area contributed by atoms with Crippen LogP contribution in [0, 0.1) is 69.2 Å². The van der Waals surface area contributed by atoms with Gasteiger partial charge in [0, 0.05) is 34.1 Å². The van der Waals surface area contributed by atoms with Crippen LogP contribution in [0.3, 0.4) is 0 Å². The van der Waals surface area contributed by atoms with Crippen LogP contribution in [-0.2, 0) is 72.0 Å². The maximum absolute atomic E-state index is 4.39. The summed E-state index contributed by atoms with van der Waals surface area (Å²) >= 11 is 13.2. The summed E-state index contributed by atoms with van der Waals surface area (Å²) in [6.07, 6.45) is 0. The molecule has 0 unspecified atom stereocenters. The summed E-state index contributed by atoms with van der Waals surface area (Å²) in [5.41, 5.74) is 14.7. The van der Waals surface area contributed by atoms with E-state index in [1.165, 1.54) is 55.6 Å². The molecule has 2 aromatic carbocycles. The van der Waals surface area contributed by atoms with E-state index in [1.54, 1.807) is 0 Å². The third-order valence-electron chi connectivity index (χ3n) is 5.62. The molecule has 0 N–H and O–H groups in total. The largest absolute Gasteiger partial charge is 0.793 e. The molecular formula is C26H45Fe2S3-5. The first-order valence-corrected chi connectivity index (χ1v) is 12.2. The SMILES string of the molecule is CC[S-].CC[S-].CC[S-].Cc1c(C)c(C)[c-](C)c1C.Cc1c(C)c(C)[c-](C)c1C.[Fe].[Fe]. The van der Waals surface area contributed by atoms with Crippen molar-refractivity contribution in [2.75, 3.05) is 17.3 Å². The molecule has 0 aliphatic heterocycles. The van der Waals surface area contributed by atoms with Crippen molar-refractivity contribution in [3.8, 4) is 0 Å². The average molecular weight is 566 g/mol. The Hall–Kier alpha value is 0.789. The number of hydrogen-bond donors (Lipinski definition) is 0. The second-order valence-electron chi connectivity index (χ2n) is 7.12. The minimum Gasteiger partial charge on any atom is -0.793 e. The molecule has 0 atom stereocenters. The molecule has 2 rings (SSSR count). The van der Waals surface area contributed by atoms with E-state index in [2.05, 4.69) is 107 Å². The molecule has 188 valence electrons. The van der Waals surface area contributed by atoms with Gasteiger partial charge in [-0.05, 0) is 0 Å². The number of hydrogen-bond acceptors (Lipinski definition) is 3. The Morgan fingerprint density at radius 3 is 0.581 bits per heavy atom. The Labute approximate surface area is 233 Å². The Kier molecular flexibility index (Phi) is 32.4. The van der Waals surface area contributed by atoms with E-state index in [0.717, 1.165) is 17.3 Å². The monoisotopic (exact) mass is 565 g/mol. The fraction of sp³-hybridized carbons (Fsp3) is 0.615. The average Bonchev–Trinajstić information content (AvgIpc) is 2.94. The van der Waals surface area contributed by atoms with Crippen LogP contribution in [0.25, 0.3) is 0 Å². The van der Waals surface area contributed by atoms with Crippen molar-refractivity contribution in [3.05, 3.63) is 55.6 Å². The maximum Gasteiger partial charge on any atom is 0 e. The molecule has 2 aromatic rings. The Morgan fingerprint density at radius 1 is 0.452 bits per heavy atom. The van der Waals surface area contributed by atoms with Crippen molar-refractivity contribution in [1.29, 1.82) is 0 Å². The molecule has 0 fully saturated rings. The van der Waals surface area contributed by atoms with Crippen LogP contribution in [-0.4, -0.2) is 17.3 Å². The van der Waals surface area contributed by atoms with Crippen molar-refractivity contribution < 1.29 is 34.1 Å². The molecule has 0 aliphatic rings. The molecule has 0 radical (unpaired) electrons. The van der Waals surface area contributed by atoms with E-state index in [0.29, 0.717) is 0 Å². The smallest absolute Gasteiger partial charge is 0 e. The summed E-state index contributed by atoms with van der Waals surface area (Å²) in [5, 5.41) is 0. The quantitative estimate of drug-likeness (QED) is 0.184. The molecular weight excluding hydrogens is 520 g/mol. The molecule has 0 saturated heterocycles. The fourth-order valence-corrected chi connectivity index (χ4v) is 2.81. The zero-order chi connectivity index (χ0) is 23.9. The van der Waals surface area contributed by atoms with Crippen LogP contribution in [0.15, 0.2) is 0 Å². The Morgan fingerprint density at radius 2 is 0.548 bits per heavy atom. The summed E-state index contributed by atoms with van der Waals surface area (Å²) < 4.78 is 0. The molecule has 0 aliphatic carbocycles. The standard InChI is InChI=1S/2C10H15.3C2H6S.2Fe/c2*1-6-7(2)9(4)10(5)8(6)3;3*1-2-3;;/h2*1-5H3;3*3H,2H2,1H3;;/q2*-1;;;;;/p-3. The van der Waals surface area contributed by atoms with E-state index in [1.807, 2.05) is 20.8 Å². The van der Waals surface area contributed by atoms with Gasteiger partial charge in [-0.3, -0.25) is 0 Å². The van der Waals surface area contributed by atoms with Crippen molar-refractivity contribution in [1.82, 2.24) is 0 Å². The molecule has 0 aromatic heterocycles. The van der Waals surface area contributed by atoms with Crippen LogP contribution in [0.5, 0.6) is 0 Å². The van der Waals surface area contributed by atoms with Gasteiger partial charge in [0.15, 0.2) is 0 Å². The predicted octanol–water partition coefficient (Wildman–Crippen LogP) is 7.55. The second-order valence-corrected chi connectivity index (χ2v) is 8.85. The molecule has 0 spiro atoms. The molecule has 0 saturated carbocycles. The summed E-state index contributed by atoms with van der Waals surface area (Å²) in [6.45, 7) is 27.8. The summed E-state index contributed by atoms with van der Waals surface area (Å²) in [7, 11) is 0. The van der Waals surface area contributed by atoms with Gasteiger partial charge < -0.3 is 37.9 Å². The van der Waals surface area contributed by atoms with E-state index in [9.17, 15) is 0 Å². The molecule has 0 bridgehead atoms. The Balaban J connectivity index is -0.000000101. The fourth-order valence-electron chi connectivity index (χ4n) is 2.81. The van der Waals surface area contributed by atoms with E-state index >= 15 is 0 Å². The normalized spacial score (nSPS) is 8.52. The zero-order valence-electron chi connectivity index (χ0n) is 22.1. The zero-order valence-corrected chi connectivity index (χ0v) is 26.7. The second kappa shape index (κ2) is 23.9. The van der Waals surface area contributed by atoms with Crippen molar-refractivity contribution in [3.63, 3.8) is 0 Å². The van der Waals surface area contributed by atoms with Crippen molar-refractivity contribution in [2.45, 2.75) is 90.0 Å². The van der Waals surface area contributed by atoms with Gasteiger partial charge in [-0.15, -0.1) is 0 Å².